The van der Waals surface area contributed by atoms with Gasteiger partial charge < -0.3 is 6.15 Å². The van der Waals surface area contributed by atoms with Crippen LogP contribution in [-0.4, -0.2) is 14.2 Å². The molecule has 0 fully saturated rings. The summed E-state index contributed by atoms with van der Waals surface area (Å²) >= 11 is 0. The maximum Gasteiger partial charge on any atom is 0.209 e. The van der Waals surface area contributed by atoms with Gasteiger partial charge in [0.1, 0.15) is 0 Å². The zero-order chi connectivity index (χ0) is 12.3. The number of nitrogens with two attached hydrogens (primary N) is 1. The molecule has 0 heterocycles. The Labute approximate surface area is 107 Å². The average molecular weight is 266 g/mol. The highest BCUT2D eigenvalue weighted by atomic mass is 32.2. The zero-order valence-electron chi connectivity index (χ0n) is 11.3. The fraction of sp³-hybridized carbons (Fsp3) is 1.00. The summed E-state index contributed by atoms with van der Waals surface area (Å²) < 4.78 is 21.3. The van der Waals surface area contributed by atoms with Crippen molar-refractivity contribution in [3.05, 3.63) is 0 Å². The molecule has 0 aromatic rings. The van der Waals surface area contributed by atoms with Crippen LogP contribution in [0.3, 0.4) is 0 Å². The van der Waals surface area contributed by atoms with Crippen LogP contribution in [0.5, 0.6) is 0 Å². The van der Waals surface area contributed by atoms with Crippen molar-refractivity contribution < 1.29 is 8.42 Å². The number of unbranched alkanes of at least 4 members (excludes halogenated alkanes) is 9. The van der Waals surface area contributed by atoms with E-state index < -0.39 is 10.0 Å². The Morgan fingerprint density at radius 1 is 0.765 bits per heavy atom. The van der Waals surface area contributed by atoms with Gasteiger partial charge in [0.05, 0.1) is 5.75 Å². The molecule has 0 aromatic carbocycles. The molecule has 0 bridgehead atoms. The van der Waals surface area contributed by atoms with Gasteiger partial charge in [0.25, 0.3) is 0 Å². The molecule has 0 aliphatic heterocycles. The molecule has 5 heteroatoms. The molecule has 0 rings (SSSR count). The van der Waals surface area contributed by atoms with E-state index in [9.17, 15) is 8.42 Å². The predicted octanol–water partition coefficient (Wildman–Crippen LogP) is 3.36. The third-order valence-electron chi connectivity index (χ3n) is 2.78. The van der Waals surface area contributed by atoms with Crippen molar-refractivity contribution in [2.24, 2.45) is 5.14 Å². The lowest BCUT2D eigenvalue weighted by Gasteiger charge is -2.01. The molecule has 0 atom stereocenters. The second-order valence-corrected chi connectivity index (χ2v) is 6.28. The quantitative estimate of drug-likeness (QED) is 0.561. The summed E-state index contributed by atoms with van der Waals surface area (Å²) in [5, 5.41) is 4.92. The molecular weight excluding hydrogens is 236 g/mol. The summed E-state index contributed by atoms with van der Waals surface area (Å²) in [6, 6.07) is 0. The second kappa shape index (κ2) is 12.3. The molecule has 17 heavy (non-hydrogen) atoms. The van der Waals surface area contributed by atoms with Gasteiger partial charge in [0, 0.05) is 0 Å². The minimum Gasteiger partial charge on any atom is -0.344 e. The molecular formula is C12H30N2O2S. The second-order valence-electron chi connectivity index (χ2n) is 4.55. The molecule has 4 nitrogen and oxygen atoms in total. The van der Waals surface area contributed by atoms with Gasteiger partial charge in [-0.25, -0.2) is 13.6 Å². The van der Waals surface area contributed by atoms with Crippen LogP contribution in [0.2, 0.25) is 0 Å². The van der Waals surface area contributed by atoms with E-state index in [0.717, 1.165) is 12.8 Å². The minimum atomic E-state index is -3.23. The van der Waals surface area contributed by atoms with Crippen LogP contribution in [0.4, 0.5) is 0 Å². The number of hydrogen-bond acceptors (Lipinski definition) is 3. The van der Waals surface area contributed by atoms with Gasteiger partial charge in [-0.15, -0.1) is 0 Å². The molecule has 0 saturated carbocycles. The lowest BCUT2D eigenvalue weighted by atomic mass is 10.1. The normalized spacial score (nSPS) is 11.2. The molecule has 5 N–H and O–H groups in total. The molecule has 0 radical (unpaired) electrons. The van der Waals surface area contributed by atoms with Gasteiger partial charge in [-0.3, -0.25) is 0 Å². The van der Waals surface area contributed by atoms with Crippen molar-refractivity contribution in [1.82, 2.24) is 6.15 Å². The molecule has 0 aliphatic carbocycles. The van der Waals surface area contributed by atoms with Crippen molar-refractivity contribution in [2.45, 2.75) is 71.1 Å². The first-order valence-corrected chi connectivity index (χ1v) is 8.28. The van der Waals surface area contributed by atoms with E-state index in [1.807, 2.05) is 0 Å². The standard InChI is InChI=1S/C12H27NO2S.H3N/c1-2-3-4-5-6-7-8-9-10-11-12-16(13,14)15;/h2-12H2,1H3,(H2,13,14,15);1H3. The summed E-state index contributed by atoms with van der Waals surface area (Å²) in [5.74, 6) is 0.142. The Morgan fingerprint density at radius 3 is 1.47 bits per heavy atom. The van der Waals surface area contributed by atoms with Gasteiger partial charge >= 0.3 is 0 Å². The summed E-state index contributed by atoms with van der Waals surface area (Å²) in [5.41, 5.74) is 0. The lowest BCUT2D eigenvalue weighted by Crippen LogP contribution is -2.16. The highest BCUT2D eigenvalue weighted by Crippen LogP contribution is 2.10. The van der Waals surface area contributed by atoms with E-state index in [1.54, 1.807) is 0 Å². The maximum absolute atomic E-state index is 10.6. The molecule has 0 aliphatic rings. The third-order valence-corrected chi connectivity index (χ3v) is 3.64. The molecule has 0 amide bonds. The number of rotatable bonds is 11. The van der Waals surface area contributed by atoms with Crippen LogP contribution in [0, 0.1) is 0 Å². The highest BCUT2D eigenvalue weighted by Gasteiger charge is 2.01. The Bertz CT molecular complexity index is 241. The number of primary sulfonamides is 1. The molecule has 0 unspecified atom stereocenters. The third kappa shape index (κ3) is 18.4. The Kier molecular flexibility index (Phi) is 13.9. The molecule has 0 aromatic heterocycles. The largest absolute Gasteiger partial charge is 0.344 e. The molecule has 0 spiro atoms. The van der Waals surface area contributed by atoms with Gasteiger partial charge in [-0.05, 0) is 6.42 Å². The first-order chi connectivity index (χ1) is 7.56. The van der Waals surface area contributed by atoms with Crippen molar-refractivity contribution >= 4 is 10.0 Å². The average Bonchev–Trinajstić information content (AvgIpc) is 2.19. The van der Waals surface area contributed by atoms with Crippen LogP contribution in [0.1, 0.15) is 71.1 Å². The van der Waals surface area contributed by atoms with Crippen LogP contribution in [0.15, 0.2) is 0 Å². The Balaban J connectivity index is 0. The van der Waals surface area contributed by atoms with Gasteiger partial charge in [0.2, 0.25) is 10.0 Å². The van der Waals surface area contributed by atoms with E-state index in [2.05, 4.69) is 6.92 Å². The summed E-state index contributed by atoms with van der Waals surface area (Å²) in [7, 11) is -3.23. The first kappa shape index (κ1) is 19.2. The van der Waals surface area contributed by atoms with Crippen molar-refractivity contribution in [3.63, 3.8) is 0 Å². The van der Waals surface area contributed by atoms with Crippen molar-refractivity contribution in [1.29, 1.82) is 0 Å². The topological polar surface area (TPSA) is 95.2 Å². The molecule has 0 saturated heterocycles. The SMILES string of the molecule is CCCCCCCCCCCCS(N)(=O)=O.N. The molecule has 106 valence electrons. The summed E-state index contributed by atoms with van der Waals surface area (Å²) in [4.78, 5) is 0. The van der Waals surface area contributed by atoms with Gasteiger partial charge in [0.15, 0.2) is 0 Å². The number of sulfonamides is 1. The van der Waals surface area contributed by atoms with Crippen LogP contribution in [0.25, 0.3) is 0 Å². The van der Waals surface area contributed by atoms with Gasteiger partial charge in [-0.1, -0.05) is 64.7 Å². The maximum atomic E-state index is 10.6. The fourth-order valence-electron chi connectivity index (χ4n) is 1.79. The smallest absolute Gasteiger partial charge is 0.209 e. The van der Waals surface area contributed by atoms with Crippen LogP contribution in [-0.2, 0) is 10.0 Å². The fourth-order valence-corrected chi connectivity index (χ4v) is 2.40. The van der Waals surface area contributed by atoms with E-state index in [0.29, 0.717) is 6.42 Å². The Morgan fingerprint density at radius 2 is 1.12 bits per heavy atom. The predicted molar refractivity (Wildman–Crippen MR) is 74.8 cm³/mol. The van der Waals surface area contributed by atoms with Crippen molar-refractivity contribution in [3.8, 4) is 0 Å². The minimum absolute atomic E-state index is 0. The number of hydrogen-bond donors (Lipinski definition) is 2. The summed E-state index contributed by atoms with van der Waals surface area (Å²) in [6.45, 7) is 2.23. The van der Waals surface area contributed by atoms with Crippen LogP contribution >= 0.6 is 0 Å². The monoisotopic (exact) mass is 266 g/mol. The van der Waals surface area contributed by atoms with E-state index in [-0.39, 0.29) is 11.9 Å². The van der Waals surface area contributed by atoms with E-state index in [1.165, 1.54) is 44.9 Å². The highest BCUT2D eigenvalue weighted by molar-refractivity contribution is 7.89. The van der Waals surface area contributed by atoms with Crippen LogP contribution < -0.4 is 11.3 Å². The summed E-state index contributed by atoms with van der Waals surface area (Å²) in [6.07, 6.45) is 12.1. The Hall–Kier alpha value is -0.130. The van der Waals surface area contributed by atoms with E-state index >= 15 is 0 Å². The van der Waals surface area contributed by atoms with Crippen molar-refractivity contribution in [2.75, 3.05) is 5.75 Å². The first-order valence-electron chi connectivity index (χ1n) is 6.56. The zero-order valence-corrected chi connectivity index (χ0v) is 12.1. The van der Waals surface area contributed by atoms with Gasteiger partial charge in [-0.2, -0.15) is 0 Å². The lowest BCUT2D eigenvalue weighted by molar-refractivity contribution is 0.558. The van der Waals surface area contributed by atoms with E-state index in [4.69, 9.17) is 5.14 Å².